The molecule has 3 N–H and O–H groups in total. The molecule has 1 aromatic rings. The van der Waals surface area contributed by atoms with Gasteiger partial charge in [-0.25, -0.2) is 0 Å². The van der Waals surface area contributed by atoms with Crippen LogP contribution in [-0.4, -0.2) is 54.4 Å². The third-order valence-corrected chi connectivity index (χ3v) is 5.59. The third-order valence-electron chi connectivity index (χ3n) is 5.26. The molecule has 126 valence electrons. The number of nitrogens with two attached hydrogens (primary N) is 1. The van der Waals surface area contributed by atoms with E-state index in [1.807, 2.05) is 17.0 Å². The number of halogens is 1. The number of rotatable bonds is 4. The van der Waals surface area contributed by atoms with Gasteiger partial charge in [0.1, 0.15) is 0 Å². The zero-order chi connectivity index (χ0) is 16.4. The molecule has 1 aliphatic heterocycles. The summed E-state index contributed by atoms with van der Waals surface area (Å²) in [5.41, 5.74) is 5.82. The number of amides is 1. The fourth-order valence-electron chi connectivity index (χ4n) is 3.76. The van der Waals surface area contributed by atoms with E-state index in [1.54, 1.807) is 12.1 Å². The van der Waals surface area contributed by atoms with E-state index in [-0.39, 0.29) is 23.5 Å². The van der Waals surface area contributed by atoms with Gasteiger partial charge in [0, 0.05) is 31.5 Å². The molecule has 1 aromatic carbocycles. The first-order chi connectivity index (χ1) is 11.1. The maximum absolute atomic E-state index is 12.6. The van der Waals surface area contributed by atoms with Crippen molar-refractivity contribution in [2.45, 2.75) is 31.5 Å². The highest BCUT2D eigenvalue weighted by atomic mass is 35.5. The Morgan fingerprint density at radius 3 is 2.70 bits per heavy atom. The molecule has 23 heavy (non-hydrogen) atoms. The number of aliphatic hydroxyl groups is 1. The van der Waals surface area contributed by atoms with E-state index in [0.717, 1.165) is 12.8 Å². The van der Waals surface area contributed by atoms with Crippen molar-refractivity contribution in [3.05, 3.63) is 34.9 Å². The Morgan fingerprint density at radius 2 is 2.09 bits per heavy atom. The molecule has 0 unspecified atom stereocenters. The van der Waals surface area contributed by atoms with Crippen LogP contribution in [0.2, 0.25) is 5.02 Å². The summed E-state index contributed by atoms with van der Waals surface area (Å²) in [6, 6.07) is 7.11. The molecule has 2 aliphatic rings. The maximum Gasteiger partial charge on any atom is 0.255 e. The van der Waals surface area contributed by atoms with Gasteiger partial charge in [-0.05, 0) is 25.0 Å². The predicted octanol–water partition coefficient (Wildman–Crippen LogP) is 1.67. The quantitative estimate of drug-likeness (QED) is 0.875. The molecular formula is C17H23ClN2O3. The van der Waals surface area contributed by atoms with Gasteiger partial charge in [0.05, 0.1) is 29.4 Å². The van der Waals surface area contributed by atoms with Crippen molar-refractivity contribution in [2.24, 2.45) is 11.1 Å². The van der Waals surface area contributed by atoms with Crippen LogP contribution < -0.4 is 5.73 Å². The first-order valence-electron chi connectivity index (χ1n) is 8.12. The van der Waals surface area contributed by atoms with Crippen LogP contribution in [0, 0.1) is 5.41 Å². The lowest BCUT2D eigenvalue weighted by Gasteiger charge is -2.56. The van der Waals surface area contributed by atoms with Gasteiger partial charge >= 0.3 is 0 Å². The van der Waals surface area contributed by atoms with Crippen LogP contribution in [0.3, 0.4) is 0 Å². The summed E-state index contributed by atoms with van der Waals surface area (Å²) >= 11 is 6.12. The normalized spacial score (nSPS) is 26.1. The minimum absolute atomic E-state index is 0.0429. The van der Waals surface area contributed by atoms with Crippen molar-refractivity contribution in [2.75, 3.05) is 26.2 Å². The zero-order valence-corrected chi connectivity index (χ0v) is 13.8. The average Bonchev–Trinajstić information content (AvgIpc) is 2.58. The zero-order valence-electron chi connectivity index (χ0n) is 13.1. The standard InChI is InChI=1S/C17H23ClN2O3/c18-13-4-2-1-3-12(13)16(22)20-8-5-17(6-9-20)14(21)11-15(17)23-10-7-19/h1-4,14-15,21H,5-11,19H2/t14-,15+/m1/s1. The van der Waals surface area contributed by atoms with Gasteiger partial charge in [0.2, 0.25) is 0 Å². The number of carbonyl (C=O) groups excluding carboxylic acids is 1. The van der Waals surface area contributed by atoms with Gasteiger partial charge in [0.25, 0.3) is 5.91 Å². The highest BCUT2D eigenvalue weighted by molar-refractivity contribution is 6.33. The van der Waals surface area contributed by atoms with Crippen LogP contribution in [-0.2, 0) is 4.74 Å². The van der Waals surface area contributed by atoms with Gasteiger partial charge in [-0.15, -0.1) is 0 Å². The molecule has 1 spiro atoms. The first kappa shape index (κ1) is 16.7. The smallest absolute Gasteiger partial charge is 0.255 e. The number of likely N-dealkylation sites (tertiary alicyclic amines) is 1. The van der Waals surface area contributed by atoms with Crippen molar-refractivity contribution >= 4 is 17.5 Å². The summed E-state index contributed by atoms with van der Waals surface area (Å²) < 4.78 is 5.78. The van der Waals surface area contributed by atoms with Crippen LogP contribution >= 0.6 is 11.6 Å². The second-order valence-electron chi connectivity index (χ2n) is 6.40. The number of nitrogens with zero attached hydrogens (tertiary/aromatic N) is 1. The number of hydrogen-bond acceptors (Lipinski definition) is 4. The monoisotopic (exact) mass is 338 g/mol. The van der Waals surface area contributed by atoms with Crippen LogP contribution in [0.5, 0.6) is 0 Å². The highest BCUT2D eigenvalue weighted by Crippen LogP contribution is 2.51. The Balaban J connectivity index is 1.64. The summed E-state index contributed by atoms with van der Waals surface area (Å²) in [5, 5.41) is 10.7. The first-order valence-corrected chi connectivity index (χ1v) is 8.50. The molecule has 0 aromatic heterocycles. The molecule has 0 bridgehead atoms. The van der Waals surface area contributed by atoms with Crippen molar-refractivity contribution < 1.29 is 14.6 Å². The number of ether oxygens (including phenoxy) is 1. The fourth-order valence-corrected chi connectivity index (χ4v) is 3.97. The van der Waals surface area contributed by atoms with Crippen LogP contribution in [0.1, 0.15) is 29.6 Å². The molecule has 6 heteroatoms. The van der Waals surface area contributed by atoms with Crippen LogP contribution in [0.4, 0.5) is 0 Å². The Bertz CT molecular complexity index is 573. The molecule has 1 heterocycles. The molecule has 5 nitrogen and oxygen atoms in total. The summed E-state index contributed by atoms with van der Waals surface area (Å²) in [4.78, 5) is 14.4. The summed E-state index contributed by atoms with van der Waals surface area (Å²) in [6.07, 6.45) is 1.87. The van der Waals surface area contributed by atoms with E-state index < -0.39 is 0 Å². The second kappa shape index (κ2) is 6.77. The molecule has 0 radical (unpaired) electrons. The maximum atomic E-state index is 12.6. The Labute approximate surface area is 141 Å². The van der Waals surface area contributed by atoms with E-state index in [0.29, 0.717) is 43.2 Å². The van der Waals surface area contributed by atoms with Crippen LogP contribution in [0.25, 0.3) is 0 Å². The number of piperidine rings is 1. The van der Waals surface area contributed by atoms with E-state index in [9.17, 15) is 9.90 Å². The predicted molar refractivity (Wildman–Crippen MR) is 88.4 cm³/mol. The van der Waals surface area contributed by atoms with Crippen molar-refractivity contribution in [3.63, 3.8) is 0 Å². The lowest BCUT2D eigenvalue weighted by atomic mass is 9.58. The Hall–Kier alpha value is -1.14. The fraction of sp³-hybridized carbons (Fsp3) is 0.588. The van der Waals surface area contributed by atoms with Gasteiger partial charge < -0.3 is 20.5 Å². The second-order valence-corrected chi connectivity index (χ2v) is 6.81. The molecule has 1 saturated carbocycles. The van der Waals surface area contributed by atoms with Gasteiger partial charge in [-0.1, -0.05) is 23.7 Å². The molecule has 1 saturated heterocycles. The molecule has 1 amide bonds. The largest absolute Gasteiger partial charge is 0.392 e. The Kier molecular flexibility index (Phi) is 4.92. The van der Waals surface area contributed by atoms with Gasteiger partial charge in [0.15, 0.2) is 0 Å². The molecular weight excluding hydrogens is 316 g/mol. The molecule has 3 rings (SSSR count). The average molecular weight is 339 g/mol. The molecule has 2 fully saturated rings. The van der Waals surface area contributed by atoms with Crippen molar-refractivity contribution in [3.8, 4) is 0 Å². The highest BCUT2D eigenvalue weighted by Gasteiger charge is 2.56. The lowest BCUT2D eigenvalue weighted by molar-refractivity contribution is -0.207. The van der Waals surface area contributed by atoms with Crippen molar-refractivity contribution in [1.29, 1.82) is 0 Å². The minimum Gasteiger partial charge on any atom is -0.392 e. The third kappa shape index (κ3) is 2.98. The molecule has 1 aliphatic carbocycles. The minimum atomic E-state index is -0.345. The molecule has 2 atom stereocenters. The summed E-state index contributed by atoms with van der Waals surface area (Å²) in [7, 11) is 0. The number of benzene rings is 1. The van der Waals surface area contributed by atoms with Crippen LogP contribution in [0.15, 0.2) is 24.3 Å². The number of hydrogen-bond donors (Lipinski definition) is 2. The van der Waals surface area contributed by atoms with E-state index in [4.69, 9.17) is 22.1 Å². The van der Waals surface area contributed by atoms with E-state index in [2.05, 4.69) is 0 Å². The lowest BCUT2D eigenvalue weighted by Crippen LogP contribution is -2.62. The topological polar surface area (TPSA) is 75.8 Å². The SMILES string of the molecule is NCCO[C@H]1C[C@@H](O)C12CCN(C(=O)c1ccccc1Cl)CC2. The Morgan fingerprint density at radius 1 is 1.39 bits per heavy atom. The van der Waals surface area contributed by atoms with Crippen molar-refractivity contribution in [1.82, 2.24) is 4.90 Å². The number of aliphatic hydroxyl groups excluding tert-OH is 1. The number of carbonyl (C=O) groups is 1. The van der Waals surface area contributed by atoms with E-state index >= 15 is 0 Å². The summed E-state index contributed by atoms with van der Waals surface area (Å²) in [5.74, 6) is -0.0429. The summed E-state index contributed by atoms with van der Waals surface area (Å²) in [6.45, 7) is 2.23. The van der Waals surface area contributed by atoms with E-state index in [1.165, 1.54) is 0 Å². The van der Waals surface area contributed by atoms with Gasteiger partial charge in [-0.2, -0.15) is 0 Å². The van der Waals surface area contributed by atoms with Gasteiger partial charge in [-0.3, -0.25) is 4.79 Å².